The highest BCUT2D eigenvalue weighted by molar-refractivity contribution is 5.82. The molecular weight excluding hydrogens is 218 g/mol. The average Bonchev–Trinajstić information content (AvgIpc) is 2.34. The van der Waals surface area contributed by atoms with Crippen LogP contribution in [0.3, 0.4) is 0 Å². The third-order valence-electron chi connectivity index (χ3n) is 3.24. The Hall–Kier alpha value is -1.10. The minimum absolute atomic E-state index is 0.0328. The Balaban J connectivity index is 2.37. The van der Waals surface area contributed by atoms with Crippen LogP contribution in [0.5, 0.6) is 0 Å². The molecule has 5 heteroatoms. The van der Waals surface area contributed by atoms with Crippen molar-refractivity contribution in [3.63, 3.8) is 0 Å². The van der Waals surface area contributed by atoms with E-state index < -0.39 is 0 Å². The molecule has 1 heterocycles. The molecule has 0 radical (unpaired) electrons. The first kappa shape index (κ1) is 14.0. The zero-order valence-corrected chi connectivity index (χ0v) is 11.0. The maximum atomic E-state index is 12.1. The van der Waals surface area contributed by atoms with Crippen molar-refractivity contribution >= 4 is 11.8 Å². The molecule has 0 bridgehead atoms. The molecule has 98 valence electrons. The van der Waals surface area contributed by atoms with E-state index in [1.165, 1.54) is 0 Å². The van der Waals surface area contributed by atoms with Crippen LogP contribution in [-0.4, -0.2) is 49.4 Å². The molecule has 0 aromatic carbocycles. The van der Waals surface area contributed by atoms with Crippen molar-refractivity contribution in [2.45, 2.75) is 44.7 Å². The lowest BCUT2D eigenvalue weighted by molar-refractivity contribution is -0.133. The van der Waals surface area contributed by atoms with Gasteiger partial charge in [0.25, 0.3) is 0 Å². The summed E-state index contributed by atoms with van der Waals surface area (Å²) in [6, 6.07) is 0.332. The fourth-order valence-electron chi connectivity index (χ4n) is 2.10. The summed E-state index contributed by atoms with van der Waals surface area (Å²) >= 11 is 0. The Kier molecular flexibility index (Phi) is 5.41. The number of nitrogens with zero attached hydrogens (tertiary/aromatic N) is 1. The van der Waals surface area contributed by atoms with E-state index in [2.05, 4.69) is 17.6 Å². The number of hydrogen-bond acceptors (Lipinski definition) is 3. The molecule has 1 aliphatic rings. The molecule has 2 N–H and O–H groups in total. The molecule has 1 rings (SSSR count). The largest absolute Gasteiger partial charge is 0.359 e. The van der Waals surface area contributed by atoms with Gasteiger partial charge in [-0.25, -0.2) is 0 Å². The quantitative estimate of drug-likeness (QED) is 0.734. The van der Waals surface area contributed by atoms with Crippen molar-refractivity contribution in [1.82, 2.24) is 15.5 Å². The van der Waals surface area contributed by atoms with E-state index in [1.807, 2.05) is 0 Å². The second kappa shape index (κ2) is 6.59. The van der Waals surface area contributed by atoms with Gasteiger partial charge in [-0.05, 0) is 26.2 Å². The zero-order valence-electron chi connectivity index (χ0n) is 11.0. The van der Waals surface area contributed by atoms with Crippen LogP contribution in [0.4, 0.5) is 0 Å². The summed E-state index contributed by atoms with van der Waals surface area (Å²) in [4.78, 5) is 24.8. The van der Waals surface area contributed by atoms with Crippen LogP contribution in [0.1, 0.15) is 32.6 Å². The first-order valence-corrected chi connectivity index (χ1v) is 6.26. The minimum Gasteiger partial charge on any atom is -0.359 e. The van der Waals surface area contributed by atoms with E-state index in [4.69, 9.17) is 0 Å². The minimum atomic E-state index is -0.0755. The Morgan fingerprint density at radius 1 is 1.41 bits per heavy atom. The van der Waals surface area contributed by atoms with E-state index in [9.17, 15) is 9.59 Å². The molecule has 2 unspecified atom stereocenters. The van der Waals surface area contributed by atoms with Gasteiger partial charge in [0.15, 0.2) is 0 Å². The Bertz CT molecular complexity index is 281. The van der Waals surface area contributed by atoms with Crippen molar-refractivity contribution in [1.29, 1.82) is 0 Å². The summed E-state index contributed by atoms with van der Waals surface area (Å²) in [6.07, 6.45) is 3.48. The van der Waals surface area contributed by atoms with Gasteiger partial charge >= 0.3 is 0 Å². The topological polar surface area (TPSA) is 61.4 Å². The predicted molar refractivity (Wildman–Crippen MR) is 66.6 cm³/mol. The van der Waals surface area contributed by atoms with Crippen molar-refractivity contribution in [2.75, 3.05) is 20.6 Å². The first-order chi connectivity index (χ1) is 8.04. The van der Waals surface area contributed by atoms with E-state index in [1.54, 1.807) is 19.0 Å². The number of carbonyl (C=O) groups is 2. The molecule has 1 aliphatic heterocycles. The van der Waals surface area contributed by atoms with Crippen LogP contribution in [0, 0.1) is 0 Å². The second-order valence-electron chi connectivity index (χ2n) is 4.73. The molecule has 2 atom stereocenters. The van der Waals surface area contributed by atoms with Gasteiger partial charge in [-0.1, -0.05) is 0 Å². The molecule has 0 saturated carbocycles. The van der Waals surface area contributed by atoms with E-state index in [0.29, 0.717) is 19.0 Å². The van der Waals surface area contributed by atoms with Gasteiger partial charge in [0.05, 0.1) is 6.04 Å². The SMILES string of the molecule is CNC(=O)CCN(C)C(=O)C1CCCC(C)N1. The van der Waals surface area contributed by atoms with Gasteiger partial charge in [0, 0.05) is 33.1 Å². The summed E-state index contributed by atoms with van der Waals surface area (Å²) in [6.45, 7) is 2.58. The van der Waals surface area contributed by atoms with Gasteiger partial charge in [-0.2, -0.15) is 0 Å². The average molecular weight is 241 g/mol. The van der Waals surface area contributed by atoms with Crippen LogP contribution >= 0.6 is 0 Å². The van der Waals surface area contributed by atoms with Gasteiger partial charge in [-0.15, -0.1) is 0 Å². The van der Waals surface area contributed by atoms with Crippen molar-refractivity contribution < 1.29 is 9.59 Å². The molecule has 0 aliphatic carbocycles. The summed E-state index contributed by atoms with van der Waals surface area (Å²) < 4.78 is 0. The summed E-state index contributed by atoms with van der Waals surface area (Å²) in [7, 11) is 3.36. The van der Waals surface area contributed by atoms with Gasteiger partial charge in [0.1, 0.15) is 0 Å². The Labute approximate surface area is 103 Å². The van der Waals surface area contributed by atoms with Gasteiger partial charge in [0.2, 0.25) is 11.8 Å². The van der Waals surface area contributed by atoms with Crippen LogP contribution in [0.15, 0.2) is 0 Å². The highest BCUT2D eigenvalue weighted by atomic mass is 16.2. The number of nitrogens with one attached hydrogen (secondary N) is 2. The molecule has 1 saturated heterocycles. The van der Waals surface area contributed by atoms with Crippen LogP contribution < -0.4 is 10.6 Å². The first-order valence-electron chi connectivity index (χ1n) is 6.26. The predicted octanol–water partition coefficient (Wildman–Crippen LogP) is 0.112. The Morgan fingerprint density at radius 2 is 2.12 bits per heavy atom. The van der Waals surface area contributed by atoms with Gasteiger partial charge in [-0.3, -0.25) is 9.59 Å². The summed E-state index contributed by atoms with van der Waals surface area (Å²) in [5, 5.41) is 5.86. The number of hydrogen-bond donors (Lipinski definition) is 2. The highest BCUT2D eigenvalue weighted by Gasteiger charge is 2.26. The smallest absolute Gasteiger partial charge is 0.239 e. The number of carbonyl (C=O) groups excluding carboxylic acids is 2. The third kappa shape index (κ3) is 4.34. The molecule has 1 fully saturated rings. The number of rotatable bonds is 4. The van der Waals surface area contributed by atoms with Crippen LogP contribution in [0.25, 0.3) is 0 Å². The molecule has 0 spiro atoms. The highest BCUT2D eigenvalue weighted by Crippen LogP contribution is 2.13. The maximum Gasteiger partial charge on any atom is 0.239 e. The molecule has 2 amide bonds. The number of piperidine rings is 1. The molecular formula is C12H23N3O2. The molecule has 17 heavy (non-hydrogen) atoms. The van der Waals surface area contributed by atoms with Crippen LogP contribution in [-0.2, 0) is 9.59 Å². The van der Waals surface area contributed by atoms with Crippen molar-refractivity contribution in [3.8, 4) is 0 Å². The summed E-state index contributed by atoms with van der Waals surface area (Å²) in [5.41, 5.74) is 0. The van der Waals surface area contributed by atoms with Gasteiger partial charge < -0.3 is 15.5 Å². The second-order valence-corrected chi connectivity index (χ2v) is 4.73. The number of amides is 2. The lowest BCUT2D eigenvalue weighted by Gasteiger charge is -2.30. The van der Waals surface area contributed by atoms with E-state index >= 15 is 0 Å². The lowest BCUT2D eigenvalue weighted by Crippen LogP contribution is -2.50. The maximum absolute atomic E-state index is 12.1. The fraction of sp³-hybridized carbons (Fsp3) is 0.833. The third-order valence-corrected chi connectivity index (χ3v) is 3.24. The Morgan fingerprint density at radius 3 is 2.71 bits per heavy atom. The number of likely N-dealkylation sites (N-methyl/N-ethyl adjacent to an activating group) is 1. The standard InChI is InChI=1S/C12H23N3O2/c1-9-5-4-6-10(14-9)12(17)15(3)8-7-11(16)13-2/h9-10,14H,4-8H2,1-3H3,(H,13,16). The van der Waals surface area contributed by atoms with Crippen molar-refractivity contribution in [2.24, 2.45) is 0 Å². The van der Waals surface area contributed by atoms with Crippen molar-refractivity contribution in [3.05, 3.63) is 0 Å². The zero-order chi connectivity index (χ0) is 12.8. The fourth-order valence-corrected chi connectivity index (χ4v) is 2.10. The van der Waals surface area contributed by atoms with E-state index in [-0.39, 0.29) is 17.9 Å². The van der Waals surface area contributed by atoms with E-state index in [0.717, 1.165) is 19.3 Å². The van der Waals surface area contributed by atoms with Crippen LogP contribution in [0.2, 0.25) is 0 Å². The molecule has 5 nitrogen and oxygen atoms in total. The normalized spacial score (nSPS) is 24.2. The molecule has 0 aromatic heterocycles. The molecule has 0 aromatic rings. The summed E-state index contributed by atoms with van der Waals surface area (Å²) in [5.74, 6) is 0.0649. The monoisotopic (exact) mass is 241 g/mol. The lowest BCUT2D eigenvalue weighted by atomic mass is 9.99.